The van der Waals surface area contributed by atoms with Crippen molar-refractivity contribution >= 4 is 44.8 Å². The third kappa shape index (κ3) is 15.7. The molecule has 2 aromatic rings. The Kier molecular flexibility index (Phi) is 17.8. The molecule has 0 fully saturated rings. The van der Waals surface area contributed by atoms with Gasteiger partial charge in [-0.15, -0.1) is 11.3 Å². The number of carbonyl (C=O) groups excluding carboxylic acids is 2. The van der Waals surface area contributed by atoms with Crippen molar-refractivity contribution in [3.8, 4) is 0 Å². The van der Waals surface area contributed by atoms with E-state index in [9.17, 15) is 18.0 Å². The first kappa shape index (κ1) is 35.1. The van der Waals surface area contributed by atoms with Crippen LogP contribution >= 0.6 is 22.9 Å². The molecule has 2 rings (SSSR count). The molecule has 0 saturated heterocycles. The average molecular weight is 629 g/mol. The molecular formula is C28H45ClN6O4S2. The normalized spacial score (nSPS) is 11.5. The molecule has 0 unspecified atom stereocenters. The largest absolute Gasteiger partial charge is 0.356 e. The van der Waals surface area contributed by atoms with Gasteiger partial charge in [-0.05, 0) is 108 Å². The van der Waals surface area contributed by atoms with Crippen molar-refractivity contribution in [1.29, 1.82) is 0 Å². The van der Waals surface area contributed by atoms with E-state index in [0.29, 0.717) is 42.9 Å². The minimum absolute atomic E-state index is 0.0309. The highest BCUT2D eigenvalue weighted by Gasteiger charge is 2.16. The highest BCUT2D eigenvalue weighted by Crippen LogP contribution is 2.21. The van der Waals surface area contributed by atoms with E-state index in [1.54, 1.807) is 36.4 Å². The van der Waals surface area contributed by atoms with Crippen LogP contribution in [0.4, 0.5) is 0 Å². The summed E-state index contributed by atoms with van der Waals surface area (Å²) < 4.78 is 28.0. The van der Waals surface area contributed by atoms with E-state index in [1.165, 1.54) is 0 Å². The van der Waals surface area contributed by atoms with Crippen LogP contribution in [-0.4, -0.2) is 66.0 Å². The second kappa shape index (κ2) is 20.8. The maximum Gasteiger partial charge on any atom is 0.251 e. The molecule has 10 nitrogen and oxygen atoms in total. The Morgan fingerprint density at radius 1 is 0.756 bits per heavy atom. The maximum atomic E-state index is 12.6. The summed E-state index contributed by atoms with van der Waals surface area (Å²) in [5.74, 6) is -0.226. The van der Waals surface area contributed by atoms with Gasteiger partial charge in [-0.1, -0.05) is 18.0 Å². The van der Waals surface area contributed by atoms with Crippen LogP contribution in [0.2, 0.25) is 5.02 Å². The van der Waals surface area contributed by atoms with E-state index in [2.05, 4.69) is 26.0 Å². The Labute approximate surface area is 253 Å². The summed E-state index contributed by atoms with van der Waals surface area (Å²) in [6, 6.07) is 9.78. The van der Waals surface area contributed by atoms with Crippen molar-refractivity contribution < 1.29 is 18.0 Å². The lowest BCUT2D eigenvalue weighted by Crippen LogP contribution is -2.27. The van der Waals surface area contributed by atoms with Gasteiger partial charge in [0, 0.05) is 35.0 Å². The number of thiophene rings is 1. The molecule has 1 aromatic heterocycles. The highest BCUT2D eigenvalue weighted by molar-refractivity contribution is 7.91. The monoisotopic (exact) mass is 628 g/mol. The molecule has 13 heteroatoms. The van der Waals surface area contributed by atoms with Crippen LogP contribution < -0.4 is 31.7 Å². The number of nitrogens with one attached hydrogen (secondary N) is 5. The fraction of sp³-hybridized carbons (Fsp3) is 0.571. The summed E-state index contributed by atoms with van der Waals surface area (Å²) in [7, 11) is -3.62. The van der Waals surface area contributed by atoms with Crippen molar-refractivity contribution in [2.75, 3.05) is 45.8 Å². The van der Waals surface area contributed by atoms with E-state index >= 15 is 0 Å². The molecule has 0 spiro atoms. The molecular weight excluding hydrogens is 584 g/mol. The van der Waals surface area contributed by atoms with Crippen molar-refractivity contribution in [2.45, 2.75) is 62.1 Å². The van der Waals surface area contributed by atoms with Gasteiger partial charge in [0.15, 0.2) is 0 Å². The predicted octanol–water partition coefficient (Wildman–Crippen LogP) is 2.98. The van der Waals surface area contributed by atoms with Crippen molar-refractivity contribution in [1.82, 2.24) is 26.0 Å². The summed E-state index contributed by atoms with van der Waals surface area (Å²) in [5.41, 5.74) is 5.94. The minimum Gasteiger partial charge on any atom is -0.356 e. The molecule has 41 heavy (non-hydrogen) atoms. The first-order valence-corrected chi connectivity index (χ1v) is 17.0. The number of sulfonamides is 1. The van der Waals surface area contributed by atoms with Gasteiger partial charge in [0.25, 0.3) is 5.91 Å². The molecule has 0 radical (unpaired) electrons. The van der Waals surface area contributed by atoms with Gasteiger partial charge in [-0.3, -0.25) is 9.59 Å². The van der Waals surface area contributed by atoms with Crippen LogP contribution in [0.15, 0.2) is 40.6 Å². The Morgan fingerprint density at radius 2 is 1.41 bits per heavy atom. The number of benzene rings is 1. The Balaban J connectivity index is 1.48. The summed E-state index contributed by atoms with van der Waals surface area (Å²) in [6.45, 7) is 5.78. The van der Waals surface area contributed by atoms with E-state index < -0.39 is 10.0 Å². The Bertz CT molecular complexity index is 1130. The SMILES string of the molecule is NCCCNCCCCNCCCNC(=O)CCCCCNS(=O)(=O)c1ccc(CNC(=O)c2ccc(Cl)cc2)s1. The van der Waals surface area contributed by atoms with Gasteiger partial charge >= 0.3 is 0 Å². The second-order valence-electron chi connectivity index (χ2n) is 9.67. The quantitative estimate of drug-likeness (QED) is 0.103. The predicted molar refractivity (Wildman–Crippen MR) is 167 cm³/mol. The molecule has 0 saturated carbocycles. The summed E-state index contributed by atoms with van der Waals surface area (Å²) in [5, 5.41) is 13.0. The van der Waals surface area contributed by atoms with Crippen molar-refractivity contribution in [2.24, 2.45) is 5.73 Å². The number of hydrogen-bond donors (Lipinski definition) is 6. The van der Waals surface area contributed by atoms with Gasteiger partial charge in [0.1, 0.15) is 4.21 Å². The number of unbranched alkanes of at least 4 members (excludes halogenated alkanes) is 3. The lowest BCUT2D eigenvalue weighted by Gasteiger charge is -2.08. The van der Waals surface area contributed by atoms with Gasteiger partial charge in [-0.2, -0.15) is 0 Å². The molecule has 0 bridgehead atoms. The third-order valence-electron chi connectivity index (χ3n) is 6.17. The van der Waals surface area contributed by atoms with Crippen molar-refractivity contribution in [3.63, 3.8) is 0 Å². The zero-order valence-electron chi connectivity index (χ0n) is 23.7. The lowest BCUT2D eigenvalue weighted by molar-refractivity contribution is -0.121. The van der Waals surface area contributed by atoms with E-state index in [0.717, 1.165) is 81.0 Å². The molecule has 230 valence electrons. The topological polar surface area (TPSA) is 154 Å². The van der Waals surface area contributed by atoms with Gasteiger partial charge in [-0.25, -0.2) is 13.1 Å². The number of carbonyl (C=O) groups is 2. The molecule has 0 aliphatic rings. The zero-order valence-corrected chi connectivity index (χ0v) is 26.1. The highest BCUT2D eigenvalue weighted by atomic mass is 35.5. The minimum atomic E-state index is -3.62. The van der Waals surface area contributed by atoms with E-state index in [-0.39, 0.29) is 22.6 Å². The number of hydrogen-bond acceptors (Lipinski definition) is 8. The first-order chi connectivity index (χ1) is 19.8. The average Bonchev–Trinajstić information content (AvgIpc) is 3.45. The number of nitrogens with two attached hydrogens (primary N) is 1. The van der Waals surface area contributed by atoms with Crippen LogP contribution in [0.1, 0.15) is 66.6 Å². The lowest BCUT2D eigenvalue weighted by atomic mass is 10.2. The molecule has 1 aromatic carbocycles. The number of halogens is 1. The molecule has 2 amide bonds. The molecule has 0 aliphatic heterocycles. The van der Waals surface area contributed by atoms with Gasteiger partial charge in [0.05, 0.1) is 6.54 Å². The molecule has 1 heterocycles. The second-order valence-corrected chi connectivity index (χ2v) is 13.3. The van der Waals surface area contributed by atoms with Crippen molar-refractivity contribution in [3.05, 3.63) is 51.9 Å². The first-order valence-electron chi connectivity index (χ1n) is 14.3. The Morgan fingerprint density at radius 3 is 2.12 bits per heavy atom. The number of rotatable bonds is 23. The molecule has 0 aliphatic carbocycles. The number of amides is 2. The summed E-state index contributed by atoms with van der Waals surface area (Å²) in [6.07, 6.45) is 6.72. The Hall–Kier alpha value is -2.06. The fourth-order valence-electron chi connectivity index (χ4n) is 3.84. The van der Waals surface area contributed by atoms with Crippen LogP contribution in [0, 0.1) is 0 Å². The molecule has 7 N–H and O–H groups in total. The molecule has 0 atom stereocenters. The zero-order chi connectivity index (χ0) is 29.8. The van der Waals surface area contributed by atoms with E-state index in [1.807, 2.05) is 0 Å². The van der Waals surface area contributed by atoms with Crippen LogP contribution in [0.3, 0.4) is 0 Å². The van der Waals surface area contributed by atoms with Crippen LogP contribution in [0.5, 0.6) is 0 Å². The van der Waals surface area contributed by atoms with E-state index in [4.69, 9.17) is 17.3 Å². The van der Waals surface area contributed by atoms with Gasteiger partial charge < -0.3 is 27.0 Å². The van der Waals surface area contributed by atoms with Crippen LogP contribution in [0.25, 0.3) is 0 Å². The van der Waals surface area contributed by atoms with Crippen LogP contribution in [-0.2, 0) is 21.4 Å². The maximum absolute atomic E-state index is 12.6. The summed E-state index contributed by atoms with van der Waals surface area (Å²) >= 11 is 6.97. The smallest absolute Gasteiger partial charge is 0.251 e. The summed E-state index contributed by atoms with van der Waals surface area (Å²) in [4.78, 5) is 25.0. The third-order valence-corrected chi connectivity index (χ3v) is 9.46. The fourth-order valence-corrected chi connectivity index (χ4v) is 6.38. The van der Waals surface area contributed by atoms with Gasteiger partial charge in [0.2, 0.25) is 15.9 Å². The standard InChI is InChI=1S/C28H45ClN6O4S2/c29-24-11-9-23(10-12-24)28(37)34-22-25-13-14-27(40-25)41(38,39)35-21-3-1-2-8-26(36)33-20-7-19-32-17-5-4-16-31-18-6-15-30/h9-14,31-32,35H,1-8,15-22,30H2,(H,33,36)(H,34,37).